The Labute approximate surface area is 192 Å². The Balaban J connectivity index is 1.43. The molecule has 1 saturated heterocycles. The van der Waals surface area contributed by atoms with Crippen LogP contribution in [-0.4, -0.2) is 36.6 Å². The number of rotatable bonds is 6. The maximum absolute atomic E-state index is 12.4. The largest absolute Gasteiger partial charge is 0.322 e. The van der Waals surface area contributed by atoms with Crippen molar-refractivity contribution in [3.8, 4) is 11.4 Å². The van der Waals surface area contributed by atoms with Gasteiger partial charge >= 0.3 is 0 Å². The molecular weight excluding hydrogens is 440 g/mol. The van der Waals surface area contributed by atoms with Crippen molar-refractivity contribution in [1.29, 1.82) is 0 Å². The molecule has 1 aliphatic heterocycles. The molecule has 0 unspecified atom stereocenters. The van der Waals surface area contributed by atoms with E-state index in [0.29, 0.717) is 47.8 Å². The normalized spacial score (nSPS) is 15.1. The molecule has 3 aromatic rings. The van der Waals surface area contributed by atoms with Crippen molar-refractivity contribution in [3.05, 3.63) is 82.3 Å². The van der Waals surface area contributed by atoms with Crippen LogP contribution < -0.4 is 15.2 Å². The van der Waals surface area contributed by atoms with E-state index in [-0.39, 0.29) is 17.2 Å². The van der Waals surface area contributed by atoms with Crippen LogP contribution in [0.5, 0.6) is 0 Å². The smallest absolute Gasteiger partial charge is 0.251 e. The average molecular weight is 465 g/mol. The van der Waals surface area contributed by atoms with Gasteiger partial charge in [0.1, 0.15) is 5.82 Å². The summed E-state index contributed by atoms with van der Waals surface area (Å²) in [6, 6.07) is 15.6. The Morgan fingerprint density at radius 2 is 1.97 bits per heavy atom. The van der Waals surface area contributed by atoms with Crippen molar-refractivity contribution in [2.45, 2.75) is 19.8 Å². The van der Waals surface area contributed by atoms with Crippen LogP contribution in [0.4, 0.5) is 11.4 Å². The first-order valence-electron chi connectivity index (χ1n) is 10.6. The van der Waals surface area contributed by atoms with E-state index in [1.54, 1.807) is 48.5 Å². The minimum atomic E-state index is -3.22. The highest BCUT2D eigenvalue weighted by Crippen LogP contribution is 2.24. The number of anilines is 2. The number of aromatic nitrogens is 2. The van der Waals surface area contributed by atoms with Crippen molar-refractivity contribution in [2.24, 2.45) is 0 Å². The third-order valence-corrected chi connectivity index (χ3v) is 7.14. The van der Waals surface area contributed by atoms with E-state index in [1.165, 1.54) is 16.4 Å². The molecule has 1 fully saturated rings. The van der Waals surface area contributed by atoms with Gasteiger partial charge in [0.15, 0.2) is 0 Å². The molecule has 9 heteroatoms. The SMILES string of the molecule is CCc1cc(=O)[nH]c(-c2cccc(NC(=O)C=Cc3ccc(N4CCCS4(=O)=O)cc3)c2)n1. The Hall–Kier alpha value is -3.72. The summed E-state index contributed by atoms with van der Waals surface area (Å²) in [5, 5.41) is 2.80. The minimum Gasteiger partial charge on any atom is -0.322 e. The first kappa shape index (κ1) is 22.5. The fourth-order valence-corrected chi connectivity index (χ4v) is 5.17. The van der Waals surface area contributed by atoms with Gasteiger partial charge in [-0.3, -0.25) is 13.9 Å². The fraction of sp³-hybridized carbons (Fsp3) is 0.208. The number of carbonyl (C=O) groups is 1. The van der Waals surface area contributed by atoms with Gasteiger partial charge < -0.3 is 10.3 Å². The zero-order valence-electron chi connectivity index (χ0n) is 18.1. The monoisotopic (exact) mass is 464 g/mol. The summed E-state index contributed by atoms with van der Waals surface area (Å²) < 4.78 is 25.5. The number of aromatic amines is 1. The number of hydrogen-bond donors (Lipinski definition) is 2. The second kappa shape index (κ2) is 9.41. The highest BCUT2D eigenvalue weighted by atomic mass is 32.2. The van der Waals surface area contributed by atoms with E-state index >= 15 is 0 Å². The average Bonchev–Trinajstić information content (AvgIpc) is 3.16. The predicted molar refractivity (Wildman–Crippen MR) is 130 cm³/mol. The highest BCUT2D eigenvalue weighted by Gasteiger charge is 2.28. The zero-order valence-corrected chi connectivity index (χ0v) is 18.9. The molecule has 2 heterocycles. The Kier molecular flexibility index (Phi) is 6.41. The van der Waals surface area contributed by atoms with Crippen molar-refractivity contribution in [1.82, 2.24) is 9.97 Å². The van der Waals surface area contributed by atoms with Crippen LogP contribution in [0.3, 0.4) is 0 Å². The molecule has 4 rings (SSSR count). The molecule has 0 spiro atoms. The molecule has 0 aliphatic carbocycles. The molecule has 1 amide bonds. The number of H-pyrrole nitrogens is 1. The molecule has 0 radical (unpaired) electrons. The molecule has 0 atom stereocenters. The molecule has 0 bridgehead atoms. The van der Waals surface area contributed by atoms with E-state index in [9.17, 15) is 18.0 Å². The highest BCUT2D eigenvalue weighted by molar-refractivity contribution is 7.93. The lowest BCUT2D eigenvalue weighted by Crippen LogP contribution is -2.24. The number of aryl methyl sites for hydroxylation is 1. The number of sulfonamides is 1. The van der Waals surface area contributed by atoms with Gasteiger partial charge in [-0.1, -0.05) is 31.2 Å². The number of amides is 1. The van der Waals surface area contributed by atoms with Crippen LogP contribution >= 0.6 is 0 Å². The van der Waals surface area contributed by atoms with Gasteiger partial charge in [-0.25, -0.2) is 13.4 Å². The van der Waals surface area contributed by atoms with Gasteiger partial charge in [0.25, 0.3) is 5.56 Å². The standard InChI is InChI=1S/C24H24N4O4S/c1-2-19-16-23(30)27-24(26-19)18-5-3-6-20(15-18)25-22(29)12-9-17-7-10-21(11-8-17)28-13-4-14-33(28,31)32/h3,5-12,15-16H,2,4,13-14H2,1H3,(H,25,29)(H,26,27,30). The summed E-state index contributed by atoms with van der Waals surface area (Å²) in [7, 11) is -3.22. The molecule has 2 aromatic carbocycles. The quantitative estimate of drug-likeness (QED) is 0.544. The van der Waals surface area contributed by atoms with Crippen LogP contribution in [0.2, 0.25) is 0 Å². The molecule has 0 saturated carbocycles. The van der Waals surface area contributed by atoms with Gasteiger partial charge in [-0.2, -0.15) is 0 Å². The minimum absolute atomic E-state index is 0.173. The summed E-state index contributed by atoms with van der Waals surface area (Å²) in [6.07, 6.45) is 4.34. The van der Waals surface area contributed by atoms with Gasteiger partial charge in [-0.15, -0.1) is 0 Å². The summed E-state index contributed by atoms with van der Waals surface area (Å²) in [5.74, 6) is 0.305. The molecule has 2 N–H and O–H groups in total. The van der Waals surface area contributed by atoms with Crippen molar-refractivity contribution >= 4 is 33.4 Å². The molecule has 170 valence electrons. The van der Waals surface area contributed by atoms with Crippen molar-refractivity contribution in [2.75, 3.05) is 21.9 Å². The van der Waals surface area contributed by atoms with Crippen molar-refractivity contribution in [3.63, 3.8) is 0 Å². The fourth-order valence-electron chi connectivity index (χ4n) is 3.61. The Bertz CT molecular complexity index is 1360. The molecule has 8 nitrogen and oxygen atoms in total. The second-order valence-corrected chi connectivity index (χ2v) is 9.69. The summed E-state index contributed by atoms with van der Waals surface area (Å²) in [6.45, 7) is 2.42. The number of benzene rings is 2. The maximum atomic E-state index is 12.4. The van der Waals surface area contributed by atoms with E-state index in [2.05, 4.69) is 15.3 Å². The van der Waals surface area contributed by atoms with Gasteiger partial charge in [-0.05, 0) is 48.7 Å². The van der Waals surface area contributed by atoms with E-state index in [4.69, 9.17) is 0 Å². The van der Waals surface area contributed by atoms with Gasteiger partial charge in [0.2, 0.25) is 15.9 Å². The third-order valence-electron chi connectivity index (χ3n) is 5.27. The zero-order chi connectivity index (χ0) is 23.4. The first-order valence-corrected chi connectivity index (χ1v) is 12.3. The maximum Gasteiger partial charge on any atom is 0.251 e. The summed E-state index contributed by atoms with van der Waals surface area (Å²) in [4.78, 5) is 31.4. The Morgan fingerprint density at radius 3 is 2.67 bits per heavy atom. The number of hydrogen-bond acceptors (Lipinski definition) is 5. The summed E-state index contributed by atoms with van der Waals surface area (Å²) in [5.41, 5.74) is 3.14. The lowest BCUT2D eigenvalue weighted by molar-refractivity contribution is -0.111. The van der Waals surface area contributed by atoms with Crippen LogP contribution in [0.1, 0.15) is 24.6 Å². The number of carbonyl (C=O) groups excluding carboxylic acids is 1. The lowest BCUT2D eigenvalue weighted by Gasteiger charge is -2.16. The topological polar surface area (TPSA) is 112 Å². The number of nitrogens with one attached hydrogen (secondary N) is 2. The van der Waals surface area contributed by atoms with Crippen LogP contribution in [0.25, 0.3) is 17.5 Å². The molecule has 1 aliphatic rings. The van der Waals surface area contributed by atoms with Gasteiger partial charge in [0, 0.05) is 35.6 Å². The van der Waals surface area contributed by atoms with Crippen LogP contribution in [-0.2, 0) is 21.2 Å². The predicted octanol–water partition coefficient (Wildman–Crippen LogP) is 3.19. The first-order chi connectivity index (χ1) is 15.8. The Morgan fingerprint density at radius 1 is 1.18 bits per heavy atom. The second-order valence-electron chi connectivity index (χ2n) is 7.68. The van der Waals surface area contributed by atoms with E-state index < -0.39 is 10.0 Å². The molecule has 33 heavy (non-hydrogen) atoms. The van der Waals surface area contributed by atoms with E-state index in [0.717, 1.165) is 5.56 Å². The lowest BCUT2D eigenvalue weighted by atomic mass is 10.1. The van der Waals surface area contributed by atoms with E-state index in [1.807, 2.05) is 13.0 Å². The van der Waals surface area contributed by atoms with Crippen molar-refractivity contribution < 1.29 is 13.2 Å². The van der Waals surface area contributed by atoms with Gasteiger partial charge in [0.05, 0.1) is 11.4 Å². The van der Waals surface area contributed by atoms with Crippen LogP contribution in [0, 0.1) is 0 Å². The number of nitrogens with zero attached hydrogens (tertiary/aromatic N) is 2. The third kappa shape index (κ3) is 5.38. The van der Waals surface area contributed by atoms with Crippen LogP contribution in [0.15, 0.2) is 65.5 Å². The molecular formula is C24H24N4O4S. The molecule has 1 aromatic heterocycles. The summed E-state index contributed by atoms with van der Waals surface area (Å²) >= 11 is 0.